The summed E-state index contributed by atoms with van der Waals surface area (Å²) in [6.07, 6.45) is 2.86. The van der Waals surface area contributed by atoms with Crippen LogP contribution in [0.3, 0.4) is 0 Å². The molecule has 1 aromatic rings. The monoisotopic (exact) mass is 511 g/mol. The van der Waals surface area contributed by atoms with Crippen molar-refractivity contribution >= 4 is 39.8 Å². The molecule has 1 unspecified atom stereocenters. The molecule has 0 radical (unpaired) electrons. The summed E-state index contributed by atoms with van der Waals surface area (Å²) in [7, 11) is -1.25. The van der Waals surface area contributed by atoms with Crippen molar-refractivity contribution in [3.63, 3.8) is 0 Å². The minimum atomic E-state index is -2.94. The van der Waals surface area contributed by atoms with Crippen molar-refractivity contribution in [2.45, 2.75) is 39.3 Å². The largest absolute Gasteiger partial charge is 0.494 e. The number of ether oxygens (including phenoxy) is 2. The number of aliphatic imine (C=N–C) groups is 1. The zero-order valence-corrected chi connectivity index (χ0v) is 19.5. The van der Waals surface area contributed by atoms with Crippen molar-refractivity contribution < 1.29 is 17.9 Å². The van der Waals surface area contributed by atoms with E-state index in [1.165, 1.54) is 11.8 Å². The molecule has 1 aliphatic heterocycles. The number of rotatable bonds is 8. The maximum atomic E-state index is 11.2. The SMILES string of the molecule is CCOc1cc2c(cc1CNC(=NC)NCCCS(C)(=O)=O)OC(C)C2.I. The van der Waals surface area contributed by atoms with Gasteiger partial charge in [-0.2, -0.15) is 0 Å². The second kappa shape index (κ2) is 10.9. The summed E-state index contributed by atoms with van der Waals surface area (Å²) in [5.74, 6) is 2.54. The highest BCUT2D eigenvalue weighted by Gasteiger charge is 2.21. The first-order valence-corrected chi connectivity index (χ1v) is 11.0. The maximum Gasteiger partial charge on any atom is 0.191 e. The zero-order chi connectivity index (χ0) is 19.2. The van der Waals surface area contributed by atoms with Crippen LogP contribution in [0, 0.1) is 0 Å². The van der Waals surface area contributed by atoms with Crippen molar-refractivity contribution in [3.8, 4) is 11.5 Å². The highest BCUT2D eigenvalue weighted by molar-refractivity contribution is 14.0. The van der Waals surface area contributed by atoms with Gasteiger partial charge in [0, 0.05) is 43.9 Å². The lowest BCUT2D eigenvalue weighted by Gasteiger charge is -2.15. The molecule has 1 aromatic carbocycles. The Bertz CT molecular complexity index is 753. The van der Waals surface area contributed by atoms with Gasteiger partial charge in [0.15, 0.2) is 5.96 Å². The molecular weight excluding hydrogens is 481 g/mol. The van der Waals surface area contributed by atoms with Crippen LogP contribution in [0.5, 0.6) is 11.5 Å². The van der Waals surface area contributed by atoms with Crippen LogP contribution in [-0.4, -0.2) is 52.7 Å². The van der Waals surface area contributed by atoms with Gasteiger partial charge in [-0.1, -0.05) is 0 Å². The molecule has 0 fully saturated rings. The lowest BCUT2D eigenvalue weighted by molar-refractivity contribution is 0.254. The van der Waals surface area contributed by atoms with Crippen molar-refractivity contribution in [2.75, 3.05) is 32.2 Å². The number of fused-ring (bicyclic) bond motifs is 1. The van der Waals surface area contributed by atoms with E-state index < -0.39 is 9.84 Å². The average molecular weight is 511 g/mol. The Kier molecular flexibility index (Phi) is 9.65. The maximum absolute atomic E-state index is 11.2. The molecule has 0 saturated heterocycles. The molecule has 0 saturated carbocycles. The van der Waals surface area contributed by atoms with Crippen LogP contribution in [0.4, 0.5) is 0 Å². The van der Waals surface area contributed by atoms with E-state index in [9.17, 15) is 8.42 Å². The molecule has 1 atom stereocenters. The van der Waals surface area contributed by atoms with Gasteiger partial charge in [0.1, 0.15) is 27.4 Å². The highest BCUT2D eigenvalue weighted by atomic mass is 127. The van der Waals surface area contributed by atoms with Crippen LogP contribution in [0.1, 0.15) is 31.4 Å². The van der Waals surface area contributed by atoms with Crippen LogP contribution in [0.25, 0.3) is 0 Å². The summed E-state index contributed by atoms with van der Waals surface area (Å²) >= 11 is 0. The van der Waals surface area contributed by atoms with Crippen LogP contribution < -0.4 is 20.1 Å². The first kappa shape index (κ1) is 23.8. The lowest BCUT2D eigenvalue weighted by Crippen LogP contribution is -2.37. The topological polar surface area (TPSA) is 89.0 Å². The number of benzene rings is 1. The van der Waals surface area contributed by atoms with Crippen LogP contribution in [0.2, 0.25) is 0 Å². The van der Waals surface area contributed by atoms with Gasteiger partial charge < -0.3 is 20.1 Å². The van der Waals surface area contributed by atoms with E-state index in [1.807, 2.05) is 13.0 Å². The van der Waals surface area contributed by atoms with Gasteiger partial charge in [0.25, 0.3) is 0 Å². The number of nitrogens with one attached hydrogen (secondary N) is 2. The van der Waals surface area contributed by atoms with Crippen molar-refractivity contribution in [1.29, 1.82) is 0 Å². The predicted octanol–water partition coefficient (Wildman–Crippen LogP) is 2.13. The third-order valence-corrected chi connectivity index (χ3v) is 5.06. The Morgan fingerprint density at radius 2 is 2.11 bits per heavy atom. The van der Waals surface area contributed by atoms with Gasteiger partial charge in [-0.15, -0.1) is 24.0 Å². The number of hydrogen-bond donors (Lipinski definition) is 2. The van der Waals surface area contributed by atoms with Gasteiger partial charge in [0.2, 0.25) is 0 Å². The number of nitrogens with zero attached hydrogens (tertiary/aromatic N) is 1. The van der Waals surface area contributed by atoms with E-state index >= 15 is 0 Å². The molecule has 1 heterocycles. The first-order valence-electron chi connectivity index (χ1n) is 8.90. The van der Waals surface area contributed by atoms with Gasteiger partial charge >= 0.3 is 0 Å². The number of guanidine groups is 1. The molecule has 0 aliphatic carbocycles. The van der Waals surface area contributed by atoms with Crippen LogP contribution in [0.15, 0.2) is 17.1 Å². The third-order valence-electron chi connectivity index (χ3n) is 4.03. The standard InChI is InChI=1S/C18H29N3O4S.HI/c1-5-24-16-10-14-9-13(2)25-17(14)11-15(16)12-21-18(19-3)20-7-6-8-26(4,22)23;/h10-11,13H,5-9,12H2,1-4H3,(H2,19,20,21);1H. The number of halogens is 1. The zero-order valence-electron chi connectivity index (χ0n) is 16.4. The molecule has 154 valence electrons. The molecule has 2 N–H and O–H groups in total. The van der Waals surface area contributed by atoms with Crippen LogP contribution >= 0.6 is 24.0 Å². The molecule has 2 rings (SSSR count). The second-order valence-electron chi connectivity index (χ2n) is 6.47. The summed E-state index contributed by atoms with van der Waals surface area (Å²) in [5.41, 5.74) is 2.17. The van der Waals surface area contributed by atoms with E-state index in [4.69, 9.17) is 9.47 Å². The number of hydrogen-bond acceptors (Lipinski definition) is 5. The molecular formula is C18H30IN3O4S. The summed E-state index contributed by atoms with van der Waals surface area (Å²) in [6, 6.07) is 4.08. The fourth-order valence-electron chi connectivity index (χ4n) is 2.85. The van der Waals surface area contributed by atoms with Gasteiger partial charge in [-0.3, -0.25) is 4.99 Å². The van der Waals surface area contributed by atoms with Gasteiger partial charge in [-0.25, -0.2) is 8.42 Å². The third kappa shape index (κ3) is 7.73. The fourth-order valence-corrected chi connectivity index (χ4v) is 3.52. The predicted molar refractivity (Wildman–Crippen MR) is 119 cm³/mol. The number of sulfone groups is 1. The average Bonchev–Trinajstić information content (AvgIpc) is 2.92. The Morgan fingerprint density at radius 1 is 1.37 bits per heavy atom. The Labute approximate surface area is 179 Å². The van der Waals surface area contributed by atoms with Crippen molar-refractivity contribution in [2.24, 2.45) is 4.99 Å². The van der Waals surface area contributed by atoms with Gasteiger partial charge in [0.05, 0.1) is 12.4 Å². The summed E-state index contributed by atoms with van der Waals surface area (Å²) in [5, 5.41) is 6.36. The minimum Gasteiger partial charge on any atom is -0.494 e. The summed E-state index contributed by atoms with van der Waals surface area (Å²) in [6.45, 7) is 5.69. The molecule has 9 heteroatoms. The van der Waals surface area contributed by atoms with E-state index in [0.29, 0.717) is 32.1 Å². The quantitative estimate of drug-likeness (QED) is 0.241. The molecule has 27 heavy (non-hydrogen) atoms. The normalized spacial score (nSPS) is 16.1. The molecule has 0 amide bonds. The second-order valence-corrected chi connectivity index (χ2v) is 8.73. The Hall–Kier alpha value is -1.23. The van der Waals surface area contributed by atoms with Gasteiger partial charge in [-0.05, 0) is 32.4 Å². The van der Waals surface area contributed by atoms with E-state index in [1.54, 1.807) is 7.05 Å². The fraction of sp³-hybridized carbons (Fsp3) is 0.611. The summed E-state index contributed by atoms with van der Waals surface area (Å²) < 4.78 is 34.0. The van der Waals surface area contributed by atoms with Crippen molar-refractivity contribution in [3.05, 3.63) is 23.3 Å². The van der Waals surface area contributed by atoms with E-state index in [2.05, 4.69) is 28.6 Å². The molecule has 7 nitrogen and oxygen atoms in total. The van der Waals surface area contributed by atoms with Crippen molar-refractivity contribution in [1.82, 2.24) is 10.6 Å². The van der Waals surface area contributed by atoms with E-state index in [-0.39, 0.29) is 35.8 Å². The molecule has 0 bridgehead atoms. The Balaban J connectivity index is 0.00000364. The highest BCUT2D eigenvalue weighted by Crippen LogP contribution is 2.35. The molecule has 0 aromatic heterocycles. The minimum absolute atomic E-state index is 0. The van der Waals surface area contributed by atoms with Crippen LogP contribution in [-0.2, 0) is 22.8 Å². The Morgan fingerprint density at radius 3 is 2.74 bits per heavy atom. The molecule has 1 aliphatic rings. The lowest BCUT2D eigenvalue weighted by atomic mass is 10.1. The summed E-state index contributed by atoms with van der Waals surface area (Å²) in [4.78, 5) is 4.17. The molecule has 0 spiro atoms. The smallest absolute Gasteiger partial charge is 0.191 e. The first-order chi connectivity index (χ1) is 12.3. The van der Waals surface area contributed by atoms with E-state index in [0.717, 1.165) is 23.5 Å².